The van der Waals surface area contributed by atoms with E-state index in [-0.39, 0.29) is 5.91 Å². The molecule has 0 bridgehead atoms. The van der Waals surface area contributed by atoms with Crippen molar-refractivity contribution in [2.75, 3.05) is 12.3 Å². The monoisotopic (exact) mass is 201 g/mol. The molecule has 1 aromatic heterocycles. The van der Waals surface area contributed by atoms with Gasteiger partial charge in [0.25, 0.3) is 5.91 Å². The summed E-state index contributed by atoms with van der Waals surface area (Å²) >= 11 is 0. The van der Waals surface area contributed by atoms with Crippen LogP contribution in [0.15, 0.2) is 18.2 Å². The van der Waals surface area contributed by atoms with Gasteiger partial charge in [0.2, 0.25) is 0 Å². The molecule has 0 radical (unpaired) electrons. The molecule has 1 amide bonds. The van der Waals surface area contributed by atoms with E-state index in [1.54, 1.807) is 0 Å². The molecule has 4 nitrogen and oxygen atoms in total. The molecule has 4 heteroatoms. The SMILES string of the molecule is Nc1ccc2[nH]c3c(c2c1)CCNC3=O. The van der Waals surface area contributed by atoms with Crippen LogP contribution in [0.1, 0.15) is 16.1 Å². The zero-order valence-electron chi connectivity index (χ0n) is 8.13. The number of anilines is 1. The standard InChI is InChI=1S/C11H11N3O/c12-6-1-2-9-8(5-6)7-3-4-13-11(15)10(7)14-9/h1-2,5,14H,3-4,12H2,(H,13,15). The first-order chi connectivity index (χ1) is 7.25. The Morgan fingerprint density at radius 3 is 3.07 bits per heavy atom. The van der Waals surface area contributed by atoms with E-state index < -0.39 is 0 Å². The van der Waals surface area contributed by atoms with E-state index in [0.717, 1.165) is 28.6 Å². The third-order valence-electron chi connectivity index (χ3n) is 2.82. The summed E-state index contributed by atoms with van der Waals surface area (Å²) in [6.45, 7) is 0.702. The molecule has 15 heavy (non-hydrogen) atoms. The Morgan fingerprint density at radius 1 is 1.33 bits per heavy atom. The van der Waals surface area contributed by atoms with Gasteiger partial charge >= 0.3 is 0 Å². The number of benzene rings is 1. The van der Waals surface area contributed by atoms with Gasteiger partial charge in [0.05, 0.1) is 0 Å². The number of hydrogen-bond acceptors (Lipinski definition) is 2. The number of rotatable bonds is 0. The Labute approximate surface area is 86.5 Å². The van der Waals surface area contributed by atoms with Gasteiger partial charge in [-0.25, -0.2) is 0 Å². The number of amides is 1. The van der Waals surface area contributed by atoms with Crippen molar-refractivity contribution in [1.29, 1.82) is 0 Å². The molecule has 2 heterocycles. The lowest BCUT2D eigenvalue weighted by molar-refractivity contribution is 0.0942. The topological polar surface area (TPSA) is 70.9 Å². The van der Waals surface area contributed by atoms with Gasteiger partial charge < -0.3 is 16.0 Å². The number of hydrogen-bond donors (Lipinski definition) is 3. The van der Waals surface area contributed by atoms with Gasteiger partial charge in [-0.3, -0.25) is 4.79 Å². The second-order valence-electron chi connectivity index (χ2n) is 3.79. The molecular formula is C11H11N3O. The van der Waals surface area contributed by atoms with Crippen LogP contribution in [0.25, 0.3) is 10.9 Å². The zero-order valence-corrected chi connectivity index (χ0v) is 8.13. The summed E-state index contributed by atoms with van der Waals surface area (Å²) in [5.41, 5.74) is 9.21. The fourth-order valence-corrected chi connectivity index (χ4v) is 2.11. The number of fused-ring (bicyclic) bond motifs is 3. The molecule has 4 N–H and O–H groups in total. The van der Waals surface area contributed by atoms with E-state index in [2.05, 4.69) is 10.3 Å². The van der Waals surface area contributed by atoms with Crippen molar-refractivity contribution < 1.29 is 4.79 Å². The maximum absolute atomic E-state index is 11.6. The van der Waals surface area contributed by atoms with Crippen LogP contribution < -0.4 is 11.1 Å². The number of carbonyl (C=O) groups excluding carboxylic acids is 1. The molecule has 0 unspecified atom stereocenters. The smallest absolute Gasteiger partial charge is 0.268 e. The number of carbonyl (C=O) groups is 1. The van der Waals surface area contributed by atoms with E-state index in [9.17, 15) is 4.79 Å². The second kappa shape index (κ2) is 2.76. The molecule has 0 saturated carbocycles. The molecule has 2 aromatic rings. The highest BCUT2D eigenvalue weighted by atomic mass is 16.1. The molecule has 0 atom stereocenters. The first kappa shape index (κ1) is 8.35. The van der Waals surface area contributed by atoms with Crippen LogP contribution in [0.5, 0.6) is 0 Å². The maximum Gasteiger partial charge on any atom is 0.268 e. The highest BCUT2D eigenvalue weighted by molar-refractivity contribution is 6.02. The van der Waals surface area contributed by atoms with Gasteiger partial charge in [-0.1, -0.05) is 0 Å². The number of nitrogens with two attached hydrogens (primary N) is 1. The first-order valence-corrected chi connectivity index (χ1v) is 4.94. The minimum atomic E-state index is -0.0222. The van der Waals surface area contributed by atoms with Crippen molar-refractivity contribution in [3.8, 4) is 0 Å². The van der Waals surface area contributed by atoms with Crippen LogP contribution in [0.4, 0.5) is 5.69 Å². The van der Waals surface area contributed by atoms with Crippen molar-refractivity contribution in [2.45, 2.75) is 6.42 Å². The summed E-state index contributed by atoms with van der Waals surface area (Å²) in [5, 5.41) is 3.88. The molecule has 1 aromatic carbocycles. The maximum atomic E-state index is 11.6. The van der Waals surface area contributed by atoms with Gasteiger partial charge in [-0.2, -0.15) is 0 Å². The third kappa shape index (κ3) is 1.11. The number of H-pyrrole nitrogens is 1. The molecule has 1 aliphatic heterocycles. The summed E-state index contributed by atoms with van der Waals surface area (Å²) in [7, 11) is 0. The van der Waals surface area contributed by atoms with Gasteiger partial charge in [0, 0.05) is 23.1 Å². The summed E-state index contributed by atoms with van der Waals surface area (Å²) in [4.78, 5) is 14.7. The quantitative estimate of drug-likeness (QED) is 0.557. The van der Waals surface area contributed by atoms with Crippen molar-refractivity contribution in [3.05, 3.63) is 29.5 Å². The minimum Gasteiger partial charge on any atom is -0.399 e. The van der Waals surface area contributed by atoms with Crippen LogP contribution in [0, 0.1) is 0 Å². The predicted molar refractivity (Wildman–Crippen MR) is 58.7 cm³/mol. The molecule has 0 spiro atoms. The minimum absolute atomic E-state index is 0.0222. The van der Waals surface area contributed by atoms with Crippen molar-refractivity contribution in [2.24, 2.45) is 0 Å². The average molecular weight is 201 g/mol. The average Bonchev–Trinajstić information content (AvgIpc) is 2.58. The van der Waals surface area contributed by atoms with Crippen LogP contribution >= 0.6 is 0 Å². The molecule has 0 fully saturated rings. The molecule has 0 aliphatic carbocycles. The highest BCUT2D eigenvalue weighted by Gasteiger charge is 2.21. The summed E-state index contributed by atoms with van der Waals surface area (Å²) in [6.07, 6.45) is 0.866. The van der Waals surface area contributed by atoms with Gasteiger partial charge in [0.1, 0.15) is 5.69 Å². The van der Waals surface area contributed by atoms with E-state index >= 15 is 0 Å². The number of nitrogens with one attached hydrogen (secondary N) is 2. The van der Waals surface area contributed by atoms with Crippen LogP contribution in [0.2, 0.25) is 0 Å². The predicted octanol–water partition coefficient (Wildman–Crippen LogP) is 1.04. The Hall–Kier alpha value is -1.97. The van der Waals surface area contributed by atoms with Gasteiger partial charge in [-0.15, -0.1) is 0 Å². The largest absolute Gasteiger partial charge is 0.399 e. The second-order valence-corrected chi connectivity index (χ2v) is 3.79. The lowest BCUT2D eigenvalue weighted by atomic mass is 10.0. The molecule has 76 valence electrons. The fraction of sp³-hybridized carbons (Fsp3) is 0.182. The Morgan fingerprint density at radius 2 is 2.20 bits per heavy atom. The highest BCUT2D eigenvalue weighted by Crippen LogP contribution is 2.26. The third-order valence-corrected chi connectivity index (χ3v) is 2.82. The Bertz CT molecular complexity index is 556. The van der Waals surface area contributed by atoms with Crippen molar-refractivity contribution >= 4 is 22.5 Å². The Balaban J connectivity index is 2.36. The van der Waals surface area contributed by atoms with Crippen LogP contribution in [0.3, 0.4) is 0 Å². The lowest BCUT2D eigenvalue weighted by Gasteiger charge is -2.11. The van der Waals surface area contributed by atoms with E-state index in [1.165, 1.54) is 0 Å². The lowest BCUT2D eigenvalue weighted by Crippen LogP contribution is -2.31. The Kier molecular flexibility index (Phi) is 1.54. The normalized spacial score (nSPS) is 15.1. The van der Waals surface area contributed by atoms with Gasteiger partial charge in [0.15, 0.2) is 0 Å². The summed E-state index contributed by atoms with van der Waals surface area (Å²) < 4.78 is 0. The zero-order chi connectivity index (χ0) is 10.4. The van der Waals surface area contributed by atoms with Crippen LogP contribution in [-0.2, 0) is 6.42 Å². The van der Waals surface area contributed by atoms with E-state index in [4.69, 9.17) is 5.73 Å². The molecule has 0 saturated heterocycles. The summed E-state index contributed by atoms with van der Waals surface area (Å²) in [6, 6.07) is 5.67. The molecule has 3 rings (SSSR count). The number of aromatic amines is 1. The fourth-order valence-electron chi connectivity index (χ4n) is 2.11. The van der Waals surface area contributed by atoms with Crippen molar-refractivity contribution in [1.82, 2.24) is 10.3 Å². The summed E-state index contributed by atoms with van der Waals surface area (Å²) in [5.74, 6) is -0.0222. The van der Waals surface area contributed by atoms with E-state index in [0.29, 0.717) is 12.2 Å². The molecule has 1 aliphatic rings. The van der Waals surface area contributed by atoms with Crippen LogP contribution in [-0.4, -0.2) is 17.4 Å². The number of nitrogen functional groups attached to an aromatic ring is 1. The first-order valence-electron chi connectivity index (χ1n) is 4.94. The molecular weight excluding hydrogens is 190 g/mol. The number of aromatic nitrogens is 1. The van der Waals surface area contributed by atoms with Crippen molar-refractivity contribution in [3.63, 3.8) is 0 Å². The van der Waals surface area contributed by atoms with E-state index in [1.807, 2.05) is 18.2 Å². The van der Waals surface area contributed by atoms with Gasteiger partial charge in [-0.05, 0) is 30.2 Å².